The molecule has 3 unspecified atom stereocenters. The number of ketones is 1. The van der Waals surface area contributed by atoms with Gasteiger partial charge in [0, 0.05) is 151 Å². The van der Waals surface area contributed by atoms with Crippen molar-refractivity contribution in [2.24, 2.45) is 21.4 Å². The van der Waals surface area contributed by atoms with Crippen molar-refractivity contribution < 1.29 is 94.5 Å². The number of fused-ring (bicyclic) bond motifs is 1. The molecule has 4 aliphatic heterocycles. The van der Waals surface area contributed by atoms with E-state index in [4.69, 9.17) is 46.6 Å². The van der Waals surface area contributed by atoms with Gasteiger partial charge in [0.1, 0.15) is 54.3 Å². The molecule has 124 heavy (non-hydrogen) atoms. The summed E-state index contributed by atoms with van der Waals surface area (Å²) in [6, 6.07) is 21.2. The van der Waals surface area contributed by atoms with Crippen LogP contribution in [0.3, 0.4) is 0 Å². The zero-order chi connectivity index (χ0) is 89.4. The number of alkyl halides is 6. The van der Waals surface area contributed by atoms with E-state index in [0.717, 1.165) is 111 Å². The van der Waals surface area contributed by atoms with Gasteiger partial charge in [-0.3, -0.25) is 54.7 Å². The number of sulfone groups is 1. The molecular formula is C80H104Cl2F7N15O17S3. The average molecular weight is 1850 g/mol. The first-order chi connectivity index (χ1) is 58.3. The Labute approximate surface area is 725 Å². The Morgan fingerprint density at radius 1 is 0.653 bits per heavy atom. The number of nitro groups is 3. The number of carbonyl (C=O) groups is 1. The van der Waals surface area contributed by atoms with Crippen molar-refractivity contribution in [2.45, 2.75) is 111 Å². The minimum absolute atomic E-state index is 0. The quantitative estimate of drug-likeness (QED) is 0.00717. The normalized spacial score (nSPS) is 18.1. The topological polar surface area (TPSA) is 433 Å². The summed E-state index contributed by atoms with van der Waals surface area (Å²) in [6.45, 7) is 15.3. The molecule has 0 radical (unpaired) electrons. The number of nitrogens with two attached hydrogens (primary N) is 3. The Morgan fingerprint density at radius 2 is 1.16 bits per heavy atom. The van der Waals surface area contributed by atoms with Gasteiger partial charge < -0.3 is 45.2 Å². The molecule has 6 heterocycles. The van der Waals surface area contributed by atoms with Crippen molar-refractivity contribution in [1.29, 1.82) is 0 Å². The lowest BCUT2D eigenvalue weighted by Gasteiger charge is -2.39. The number of rotatable bonds is 34. The second kappa shape index (κ2) is 46.6. The summed E-state index contributed by atoms with van der Waals surface area (Å²) in [7, 11) is -12.5. The number of piperazine rings is 1. The van der Waals surface area contributed by atoms with Crippen molar-refractivity contribution in [3.05, 3.63) is 179 Å². The number of H-pyrrole nitrogens is 1. The van der Waals surface area contributed by atoms with Gasteiger partial charge in [0.05, 0.1) is 84.9 Å². The van der Waals surface area contributed by atoms with Crippen LogP contribution in [0.1, 0.15) is 93.1 Å². The van der Waals surface area contributed by atoms with Crippen LogP contribution in [-0.4, -0.2) is 251 Å². The average Bonchev–Trinajstić information content (AvgIpc) is 0.811. The largest absolute Gasteiger partial charge is 0.455 e. The number of sulfonamides is 2. The number of carbonyl (C=O) groups excluding carboxylic acids is 1. The van der Waals surface area contributed by atoms with E-state index in [2.05, 4.69) is 49.1 Å². The summed E-state index contributed by atoms with van der Waals surface area (Å²) in [6.07, 6.45) is 5.97. The molecule has 3 atom stereocenters. The summed E-state index contributed by atoms with van der Waals surface area (Å²) >= 11 is 6.54. The molecule has 5 aliphatic rings. The van der Waals surface area contributed by atoms with Crippen LogP contribution in [0.5, 0.6) is 11.5 Å². The van der Waals surface area contributed by atoms with E-state index in [-0.39, 0.29) is 92.7 Å². The zero-order valence-corrected chi connectivity index (χ0v) is 72.4. The number of aromatic amines is 1. The zero-order valence-electron chi connectivity index (χ0n) is 68.4. The highest BCUT2D eigenvalue weighted by atomic mass is 35.5. The number of nitrogens with one attached hydrogen (secondary N) is 3. The predicted molar refractivity (Wildman–Crippen MR) is 458 cm³/mol. The first kappa shape index (κ1) is 101. The number of allylic oxidation sites excluding steroid dienone is 1. The van der Waals surface area contributed by atoms with Gasteiger partial charge in [-0.25, -0.2) is 53.7 Å². The molecule has 0 spiro atoms. The van der Waals surface area contributed by atoms with E-state index in [9.17, 15) is 91.1 Å². The third-order valence-corrected chi connectivity index (χ3v) is 25.0. The van der Waals surface area contributed by atoms with Crippen LogP contribution in [0.4, 0.5) is 64.9 Å². The van der Waals surface area contributed by atoms with Crippen molar-refractivity contribution in [3.63, 3.8) is 0 Å². The van der Waals surface area contributed by atoms with E-state index in [1.54, 1.807) is 24.4 Å². The Kier molecular flexibility index (Phi) is 37.8. The molecule has 682 valence electrons. The highest BCUT2D eigenvalue weighted by molar-refractivity contribution is 7.92. The molecule has 0 saturated carbocycles. The van der Waals surface area contributed by atoms with Gasteiger partial charge in [0.2, 0.25) is 25.9 Å². The van der Waals surface area contributed by atoms with Gasteiger partial charge >= 0.3 is 11.9 Å². The molecular weight excluding hydrogens is 1740 g/mol. The summed E-state index contributed by atoms with van der Waals surface area (Å²) in [5, 5.41) is 50.1. The standard InChI is InChI=1S/C50H56ClF4N7O7S.C15H23FN4O5S.C9H19FN2O.C6H5FN2O4S.ClH/c1-49(2)13-11-34(42(28-49)40-8-5-35(25-43(40)51)50(53,54)55)30-60-18-20-61(21-19-60)36-6-9-41(47(26-36)69-38-24-33-12-16-57-48(33)58-29-38)46(63)32-70(66,67)39-7-10-44(45(27-39)62(64)65)56-15-3-4-37-31-59(17-14-52)22-23-68-37;16-5-7-19-8-9-25-12(11-19)2-1-6-18-14-4-3-13(26(17,23)24)10-15(14)20(21)22;10-3-5-12-6-7-13-9(8-12)2-1-4-11;7-5-2-1-4(14(8,12)13)3-6(5)9(10)11;/h5-10,12,16,24-27,29,37,56H,3-4,11,13-15,17-23,28,30-32H2,1-2H3,(H,57,58);3-4,10,12,18H,1-2,5-9,11H2,(H2,17,23,24);9H,1-8,11H2;1-3H,(H2,8,12,13);1H. The van der Waals surface area contributed by atoms with Gasteiger partial charge in [0.15, 0.2) is 15.6 Å². The number of nitrogens with zero attached hydrogens (tertiary/aromatic N) is 9. The lowest BCUT2D eigenvalue weighted by atomic mass is 9.72. The lowest BCUT2D eigenvalue weighted by Crippen LogP contribution is -2.47. The number of morpholine rings is 3. The van der Waals surface area contributed by atoms with Gasteiger partial charge in [-0.15, -0.1) is 12.4 Å². The number of pyridine rings is 1. The number of primary sulfonamides is 2. The molecule has 2 aromatic heterocycles. The molecule has 9 N–H and O–H groups in total. The monoisotopic (exact) mass is 1850 g/mol. The lowest BCUT2D eigenvalue weighted by molar-refractivity contribution is -0.387. The summed E-state index contributed by atoms with van der Waals surface area (Å²) in [4.78, 5) is 62.1. The van der Waals surface area contributed by atoms with Crippen LogP contribution in [0.15, 0.2) is 136 Å². The van der Waals surface area contributed by atoms with Crippen molar-refractivity contribution in [3.8, 4) is 11.5 Å². The second-order valence-electron chi connectivity index (χ2n) is 30.8. The number of nitro benzene ring substituents is 3. The van der Waals surface area contributed by atoms with E-state index >= 15 is 0 Å². The molecule has 4 fully saturated rings. The van der Waals surface area contributed by atoms with Crippen LogP contribution < -0.4 is 36.3 Å². The first-order valence-electron chi connectivity index (χ1n) is 39.9. The van der Waals surface area contributed by atoms with Crippen LogP contribution in [0.25, 0.3) is 16.6 Å². The van der Waals surface area contributed by atoms with Crippen LogP contribution in [-0.2, 0) is 50.3 Å². The number of halogens is 9. The maximum Gasteiger partial charge on any atom is 0.416 e. The molecule has 4 saturated heterocycles. The maximum atomic E-state index is 14.1. The van der Waals surface area contributed by atoms with Gasteiger partial charge in [0.25, 0.3) is 11.4 Å². The van der Waals surface area contributed by atoms with Gasteiger partial charge in [-0.2, -0.15) is 17.6 Å². The van der Waals surface area contributed by atoms with Gasteiger partial charge in [-0.1, -0.05) is 37.1 Å². The van der Waals surface area contributed by atoms with Crippen molar-refractivity contribution in [2.75, 3.05) is 172 Å². The summed E-state index contributed by atoms with van der Waals surface area (Å²) in [5.41, 5.74) is 7.30. The highest BCUT2D eigenvalue weighted by Gasteiger charge is 2.36. The fourth-order valence-corrected chi connectivity index (χ4v) is 17.3. The predicted octanol–water partition coefficient (Wildman–Crippen LogP) is 12.5. The number of hydrogen-bond donors (Lipinski definition) is 6. The number of Topliss-reactive ketones (excluding diaryl/α,β-unsaturated/α-hetero) is 1. The van der Waals surface area contributed by atoms with Crippen molar-refractivity contribution in [1.82, 2.24) is 29.6 Å². The van der Waals surface area contributed by atoms with E-state index in [0.29, 0.717) is 160 Å². The van der Waals surface area contributed by atoms with Crippen LogP contribution in [0, 0.1) is 41.6 Å². The molecule has 0 bridgehead atoms. The minimum Gasteiger partial charge on any atom is -0.455 e. The molecule has 32 nitrogen and oxygen atoms in total. The Balaban J connectivity index is 0.000000283. The number of hydrogen-bond acceptors (Lipinski definition) is 26. The molecule has 44 heteroatoms. The molecule has 12 rings (SSSR count). The van der Waals surface area contributed by atoms with Crippen molar-refractivity contribution >= 4 is 110 Å². The van der Waals surface area contributed by atoms with Gasteiger partial charge in [-0.05, 0) is 154 Å². The second-order valence-corrected chi connectivity index (χ2v) is 36.3. The number of anilines is 3. The minimum atomic E-state index is -4.50. The fraction of sp³-hybridized carbons (Fsp3) is 0.500. The molecule has 7 aromatic rings. The van der Waals surface area contributed by atoms with E-state index in [1.165, 1.54) is 42.6 Å². The third kappa shape index (κ3) is 29.9. The van der Waals surface area contributed by atoms with Crippen LogP contribution in [0.2, 0.25) is 5.02 Å². The smallest absolute Gasteiger partial charge is 0.416 e. The first-order valence-corrected chi connectivity index (χ1v) is 45.0. The molecule has 5 aromatic carbocycles. The fourth-order valence-electron chi connectivity index (χ4n) is 14.7. The molecule has 0 amide bonds. The van der Waals surface area contributed by atoms with E-state index < -0.39 is 96.7 Å². The Bertz CT molecular complexity index is 5180. The Hall–Kier alpha value is -8.86. The number of ether oxygens (including phenoxy) is 4. The van der Waals surface area contributed by atoms with Crippen LogP contribution >= 0.6 is 24.0 Å². The molecule has 1 aliphatic carbocycles. The SMILES string of the molecule is CC1(C)CCC(CN2CCN(c3ccc(C(=O)CS(=O)(=O)c4ccc(NCCCC5CN(CCF)CCO5)c([N+](=O)[O-])c4)c(Oc4cnc5[nH]ccc5c4)c3)CC2)=C(c2ccc(C(F)(F)F)cc2Cl)C1.Cl.NCCCC1CN(CCF)CCO1.NS(=O)(=O)c1ccc(F)c([N+](=O)[O-])c1.NS(=O)(=O)c1ccc(NCCCC2CN(CCF)CCO2)c([N+](=O)[O-])c1. The highest BCUT2D eigenvalue weighted by Crippen LogP contribution is 2.46. The third-order valence-electron chi connectivity index (χ3n) is 21.2. The Morgan fingerprint density at radius 3 is 1.66 bits per heavy atom. The summed E-state index contributed by atoms with van der Waals surface area (Å²) < 4.78 is 186. The number of benzene rings is 5. The van der Waals surface area contributed by atoms with E-state index in [1.807, 2.05) is 15.9 Å². The summed E-state index contributed by atoms with van der Waals surface area (Å²) in [5.74, 6) is -2.47. The number of aromatic nitrogens is 2. The maximum absolute atomic E-state index is 14.1.